The normalized spacial score (nSPS) is 10.9. The van der Waals surface area contributed by atoms with E-state index in [1.165, 1.54) is 24.3 Å². The summed E-state index contributed by atoms with van der Waals surface area (Å²) in [5.41, 5.74) is 6.16. The zero-order valence-corrected chi connectivity index (χ0v) is 9.75. The first kappa shape index (κ1) is 14.8. The lowest BCUT2D eigenvalue weighted by molar-refractivity contribution is -0.137. The van der Waals surface area contributed by atoms with Gasteiger partial charge in [-0.15, -0.1) is 0 Å². The van der Waals surface area contributed by atoms with Crippen LogP contribution in [-0.2, 0) is 4.79 Å². The fourth-order valence-electron chi connectivity index (χ4n) is 1.16. The highest BCUT2D eigenvalue weighted by Gasteiger charge is 2.27. The molecule has 1 aromatic rings. The highest BCUT2D eigenvalue weighted by molar-refractivity contribution is 5.96. The molecule has 0 aromatic heterocycles. The SMILES string of the molecule is Nc1ccc(C(=O)NCC(=O)NCC(F)(F)F)cc1. The number of hydrogen-bond acceptors (Lipinski definition) is 3. The quantitative estimate of drug-likeness (QED) is 0.706. The molecule has 0 bridgehead atoms. The third kappa shape index (κ3) is 5.75. The Morgan fingerprint density at radius 2 is 1.68 bits per heavy atom. The van der Waals surface area contributed by atoms with Crippen LogP contribution in [0.3, 0.4) is 0 Å². The lowest BCUT2D eigenvalue weighted by Gasteiger charge is -2.09. The summed E-state index contributed by atoms with van der Waals surface area (Å²) >= 11 is 0. The Kier molecular flexibility index (Phi) is 4.74. The maximum absolute atomic E-state index is 11.8. The monoisotopic (exact) mass is 275 g/mol. The van der Waals surface area contributed by atoms with Crippen LogP contribution in [0.25, 0.3) is 0 Å². The predicted molar refractivity (Wildman–Crippen MR) is 62.3 cm³/mol. The molecule has 0 spiro atoms. The van der Waals surface area contributed by atoms with Gasteiger partial charge in [0.25, 0.3) is 5.91 Å². The Balaban J connectivity index is 2.38. The number of hydrogen-bond donors (Lipinski definition) is 3. The third-order valence-corrected chi connectivity index (χ3v) is 2.07. The van der Waals surface area contributed by atoms with Gasteiger partial charge in [-0.05, 0) is 24.3 Å². The first-order valence-electron chi connectivity index (χ1n) is 5.25. The Hall–Kier alpha value is -2.25. The molecule has 0 heterocycles. The van der Waals surface area contributed by atoms with E-state index < -0.39 is 31.1 Å². The molecular formula is C11H12F3N3O2. The molecule has 0 aliphatic rings. The molecule has 8 heteroatoms. The van der Waals surface area contributed by atoms with Crippen molar-refractivity contribution in [2.75, 3.05) is 18.8 Å². The number of rotatable bonds is 4. The number of alkyl halides is 3. The second-order valence-electron chi connectivity index (χ2n) is 3.70. The van der Waals surface area contributed by atoms with Crippen molar-refractivity contribution in [3.8, 4) is 0 Å². The van der Waals surface area contributed by atoms with E-state index in [1.54, 1.807) is 5.32 Å². The van der Waals surface area contributed by atoms with Crippen molar-refractivity contribution in [1.29, 1.82) is 0 Å². The first-order valence-corrected chi connectivity index (χ1v) is 5.25. The molecular weight excluding hydrogens is 263 g/mol. The van der Waals surface area contributed by atoms with Crippen LogP contribution in [0.4, 0.5) is 18.9 Å². The topological polar surface area (TPSA) is 84.2 Å². The standard InChI is InChI=1S/C11H12F3N3O2/c12-11(13,14)6-17-9(18)5-16-10(19)7-1-3-8(15)4-2-7/h1-4H,5-6,15H2,(H,16,19)(H,17,18). The number of carbonyl (C=O) groups is 2. The van der Waals surface area contributed by atoms with Gasteiger partial charge in [0, 0.05) is 11.3 Å². The Morgan fingerprint density at radius 1 is 1.11 bits per heavy atom. The summed E-state index contributed by atoms with van der Waals surface area (Å²) in [4.78, 5) is 22.5. The summed E-state index contributed by atoms with van der Waals surface area (Å²) in [6, 6.07) is 5.88. The van der Waals surface area contributed by atoms with Crippen molar-refractivity contribution in [2.45, 2.75) is 6.18 Å². The maximum Gasteiger partial charge on any atom is 0.405 e. The minimum absolute atomic E-state index is 0.262. The van der Waals surface area contributed by atoms with Gasteiger partial charge in [0.05, 0.1) is 6.54 Å². The van der Waals surface area contributed by atoms with Crippen LogP contribution in [0.5, 0.6) is 0 Å². The number of nitrogen functional groups attached to an aromatic ring is 1. The van der Waals surface area contributed by atoms with Gasteiger partial charge in [-0.2, -0.15) is 13.2 Å². The van der Waals surface area contributed by atoms with Crippen molar-refractivity contribution < 1.29 is 22.8 Å². The number of anilines is 1. The van der Waals surface area contributed by atoms with Gasteiger partial charge in [0.1, 0.15) is 6.54 Å². The molecule has 0 unspecified atom stereocenters. The minimum Gasteiger partial charge on any atom is -0.399 e. The van der Waals surface area contributed by atoms with Gasteiger partial charge < -0.3 is 16.4 Å². The van der Waals surface area contributed by atoms with Crippen molar-refractivity contribution in [1.82, 2.24) is 10.6 Å². The summed E-state index contributed by atoms with van der Waals surface area (Å²) in [5.74, 6) is -1.48. The van der Waals surface area contributed by atoms with Crippen molar-refractivity contribution in [2.24, 2.45) is 0 Å². The van der Waals surface area contributed by atoms with Crippen LogP contribution >= 0.6 is 0 Å². The molecule has 0 atom stereocenters. The van der Waals surface area contributed by atoms with E-state index in [4.69, 9.17) is 5.73 Å². The molecule has 5 nitrogen and oxygen atoms in total. The summed E-state index contributed by atoms with van der Waals surface area (Å²) in [7, 11) is 0. The second kappa shape index (κ2) is 6.07. The average Bonchev–Trinajstić information content (AvgIpc) is 2.33. The molecule has 0 saturated heterocycles. The third-order valence-electron chi connectivity index (χ3n) is 2.07. The Bertz CT molecular complexity index is 457. The lowest BCUT2D eigenvalue weighted by atomic mass is 10.2. The van der Waals surface area contributed by atoms with Gasteiger partial charge in [-0.25, -0.2) is 0 Å². The minimum atomic E-state index is -4.48. The Labute approximate surface area is 107 Å². The molecule has 104 valence electrons. The van der Waals surface area contributed by atoms with Gasteiger partial charge in [0.2, 0.25) is 5.91 Å². The van der Waals surface area contributed by atoms with Crippen LogP contribution in [-0.4, -0.2) is 31.1 Å². The number of benzene rings is 1. The van der Waals surface area contributed by atoms with E-state index in [0.29, 0.717) is 5.69 Å². The van der Waals surface area contributed by atoms with E-state index in [2.05, 4.69) is 5.32 Å². The summed E-state index contributed by atoms with van der Waals surface area (Å²) in [5, 5.41) is 3.84. The number of nitrogens with two attached hydrogens (primary N) is 1. The average molecular weight is 275 g/mol. The zero-order chi connectivity index (χ0) is 14.5. The van der Waals surface area contributed by atoms with Gasteiger partial charge in [-0.3, -0.25) is 9.59 Å². The largest absolute Gasteiger partial charge is 0.405 e. The summed E-state index contributed by atoms with van der Waals surface area (Å²) in [6.07, 6.45) is -4.48. The van der Waals surface area contributed by atoms with Gasteiger partial charge in [-0.1, -0.05) is 0 Å². The van der Waals surface area contributed by atoms with Crippen LogP contribution in [0.2, 0.25) is 0 Å². The van der Waals surface area contributed by atoms with Crippen LogP contribution in [0, 0.1) is 0 Å². The molecule has 0 radical (unpaired) electrons. The highest BCUT2D eigenvalue weighted by Crippen LogP contribution is 2.11. The number of halogens is 3. The second-order valence-corrected chi connectivity index (χ2v) is 3.70. The summed E-state index contributed by atoms with van der Waals surface area (Å²) in [6.45, 7) is -1.96. The van der Waals surface area contributed by atoms with Crippen molar-refractivity contribution in [3.05, 3.63) is 29.8 Å². The van der Waals surface area contributed by atoms with E-state index >= 15 is 0 Å². The fraction of sp³-hybridized carbons (Fsp3) is 0.273. The molecule has 0 aliphatic carbocycles. The number of nitrogens with one attached hydrogen (secondary N) is 2. The molecule has 2 amide bonds. The fourth-order valence-corrected chi connectivity index (χ4v) is 1.16. The van der Waals surface area contributed by atoms with Crippen LogP contribution in [0.15, 0.2) is 24.3 Å². The van der Waals surface area contributed by atoms with Gasteiger partial charge >= 0.3 is 6.18 Å². The number of amides is 2. The van der Waals surface area contributed by atoms with E-state index in [1.807, 2.05) is 0 Å². The van der Waals surface area contributed by atoms with Crippen LogP contribution in [0.1, 0.15) is 10.4 Å². The Morgan fingerprint density at radius 3 is 2.21 bits per heavy atom. The first-order chi connectivity index (χ1) is 8.78. The smallest absolute Gasteiger partial charge is 0.399 e. The number of carbonyl (C=O) groups excluding carboxylic acids is 2. The predicted octanol–water partition coefficient (Wildman–Crippen LogP) is 0.677. The zero-order valence-electron chi connectivity index (χ0n) is 9.75. The molecule has 0 saturated carbocycles. The highest BCUT2D eigenvalue weighted by atomic mass is 19.4. The molecule has 0 fully saturated rings. The molecule has 0 aliphatic heterocycles. The van der Waals surface area contributed by atoms with Crippen molar-refractivity contribution >= 4 is 17.5 Å². The van der Waals surface area contributed by atoms with Crippen LogP contribution < -0.4 is 16.4 Å². The van der Waals surface area contributed by atoms with E-state index in [-0.39, 0.29) is 5.56 Å². The molecule has 1 rings (SSSR count). The van der Waals surface area contributed by atoms with Gasteiger partial charge in [0.15, 0.2) is 0 Å². The molecule has 4 N–H and O–H groups in total. The van der Waals surface area contributed by atoms with E-state index in [9.17, 15) is 22.8 Å². The molecule has 1 aromatic carbocycles. The summed E-state index contributed by atoms with van der Waals surface area (Å²) < 4.78 is 35.4. The molecule has 19 heavy (non-hydrogen) atoms. The lowest BCUT2D eigenvalue weighted by Crippen LogP contribution is -2.40. The maximum atomic E-state index is 11.8. The van der Waals surface area contributed by atoms with Crippen molar-refractivity contribution in [3.63, 3.8) is 0 Å². The van der Waals surface area contributed by atoms with E-state index in [0.717, 1.165) is 0 Å².